The van der Waals surface area contributed by atoms with Gasteiger partial charge in [0.1, 0.15) is 10.8 Å². The Kier molecular flexibility index (Phi) is 7.38. The minimum absolute atomic E-state index is 0.0550. The minimum atomic E-state index is -2.35. The fourth-order valence-electron chi connectivity index (χ4n) is 3.70. The third-order valence-electron chi connectivity index (χ3n) is 5.17. The largest absolute Gasteiger partial charge is 0.497 e. The summed E-state index contributed by atoms with van der Waals surface area (Å²) in [5.41, 5.74) is 1.92. The Balaban J connectivity index is 1.64. The van der Waals surface area contributed by atoms with Crippen molar-refractivity contribution in [1.82, 2.24) is 14.6 Å². The van der Waals surface area contributed by atoms with Gasteiger partial charge in [-0.2, -0.15) is 4.37 Å². The summed E-state index contributed by atoms with van der Waals surface area (Å²) in [6.07, 6.45) is -1.61. The van der Waals surface area contributed by atoms with Crippen molar-refractivity contribution >= 4 is 22.6 Å². The van der Waals surface area contributed by atoms with Crippen molar-refractivity contribution < 1.29 is 18.3 Å². The lowest BCUT2D eigenvalue weighted by atomic mass is 9.80. The summed E-state index contributed by atoms with van der Waals surface area (Å²) in [6.45, 7) is 3.25. The highest BCUT2D eigenvalue weighted by Crippen LogP contribution is 2.33. The van der Waals surface area contributed by atoms with Crippen molar-refractivity contribution in [3.05, 3.63) is 41.6 Å². The van der Waals surface area contributed by atoms with Crippen LogP contribution in [0.1, 0.15) is 23.6 Å². The van der Waals surface area contributed by atoms with E-state index in [0.717, 1.165) is 23.4 Å². The maximum Gasteiger partial charge on any atom is 0.319 e. The van der Waals surface area contributed by atoms with Gasteiger partial charge in [0.25, 0.3) is 6.43 Å². The molecule has 1 saturated heterocycles. The van der Waals surface area contributed by atoms with Crippen LogP contribution in [0.2, 0.25) is 0 Å². The number of rotatable bonds is 7. The summed E-state index contributed by atoms with van der Waals surface area (Å²) in [4.78, 5) is 14.0. The number of ether oxygens (including phenoxy) is 1. The number of hydrogen-bond acceptors (Lipinski definition) is 5. The zero-order chi connectivity index (χ0) is 20.8. The number of carbonyl (C=O) groups excluding carboxylic acids is 1. The van der Waals surface area contributed by atoms with Crippen LogP contribution < -0.4 is 15.4 Å². The lowest BCUT2D eigenvalue weighted by Crippen LogP contribution is -2.45. The van der Waals surface area contributed by atoms with Gasteiger partial charge in [-0.1, -0.05) is 12.1 Å². The number of anilines is 1. The fourth-order valence-corrected chi connectivity index (χ4v) is 4.36. The SMILES string of the molecule is COc1ccc(C2CN(CC(F)F)CCC2CNC(=O)Nc2cc(C)ns2)cc1. The summed E-state index contributed by atoms with van der Waals surface area (Å²) in [5.74, 6) is 0.966. The fraction of sp³-hybridized carbons (Fsp3) is 0.500. The molecule has 9 heteroatoms. The van der Waals surface area contributed by atoms with Gasteiger partial charge < -0.3 is 10.1 Å². The number of alkyl halides is 2. The molecular weight excluding hydrogens is 398 g/mol. The lowest BCUT2D eigenvalue weighted by Gasteiger charge is -2.39. The summed E-state index contributed by atoms with van der Waals surface area (Å²) < 4.78 is 35.1. The third-order valence-corrected chi connectivity index (χ3v) is 5.97. The molecule has 0 spiro atoms. The molecule has 0 radical (unpaired) electrons. The second-order valence-electron chi connectivity index (χ2n) is 7.25. The highest BCUT2D eigenvalue weighted by atomic mass is 32.1. The first-order valence-corrected chi connectivity index (χ1v) is 10.3. The number of halogens is 2. The Bertz CT molecular complexity index is 800. The molecule has 0 aliphatic carbocycles. The number of piperidine rings is 1. The van der Waals surface area contributed by atoms with Gasteiger partial charge in [-0.25, -0.2) is 13.6 Å². The van der Waals surface area contributed by atoms with Crippen molar-refractivity contribution in [1.29, 1.82) is 0 Å². The molecule has 2 atom stereocenters. The molecule has 1 fully saturated rings. The van der Waals surface area contributed by atoms with E-state index in [0.29, 0.717) is 24.6 Å². The smallest absolute Gasteiger partial charge is 0.319 e. The average Bonchev–Trinajstić information content (AvgIpc) is 3.11. The van der Waals surface area contributed by atoms with Gasteiger partial charge in [-0.15, -0.1) is 0 Å². The minimum Gasteiger partial charge on any atom is -0.497 e. The molecule has 6 nitrogen and oxygen atoms in total. The lowest BCUT2D eigenvalue weighted by molar-refractivity contribution is 0.0616. The second kappa shape index (κ2) is 9.98. The van der Waals surface area contributed by atoms with Crippen LogP contribution in [0.4, 0.5) is 18.6 Å². The van der Waals surface area contributed by atoms with Gasteiger partial charge in [-0.05, 0) is 61.1 Å². The number of nitrogens with zero attached hydrogens (tertiary/aromatic N) is 2. The first-order chi connectivity index (χ1) is 13.9. The normalized spacial score (nSPS) is 19.9. The average molecular weight is 425 g/mol. The van der Waals surface area contributed by atoms with E-state index in [-0.39, 0.29) is 24.4 Å². The monoisotopic (exact) mass is 424 g/mol. The number of aromatic nitrogens is 1. The molecular formula is C20H26F2N4O2S. The molecule has 2 heterocycles. The summed E-state index contributed by atoms with van der Waals surface area (Å²) >= 11 is 1.23. The molecule has 2 N–H and O–H groups in total. The number of aryl methyl sites for hydroxylation is 1. The van der Waals surface area contributed by atoms with E-state index in [1.165, 1.54) is 11.5 Å². The number of methoxy groups -OCH3 is 1. The maximum absolute atomic E-state index is 12.9. The molecule has 1 aromatic carbocycles. The maximum atomic E-state index is 12.9. The molecule has 1 aromatic heterocycles. The van der Waals surface area contributed by atoms with Crippen LogP contribution in [0.3, 0.4) is 0 Å². The van der Waals surface area contributed by atoms with Crippen LogP contribution in [0.5, 0.6) is 5.75 Å². The predicted molar refractivity (Wildman–Crippen MR) is 110 cm³/mol. The second-order valence-corrected chi connectivity index (χ2v) is 8.05. The first kappa shape index (κ1) is 21.4. The van der Waals surface area contributed by atoms with Crippen molar-refractivity contribution in [2.45, 2.75) is 25.7 Å². The molecule has 0 bridgehead atoms. The Morgan fingerprint density at radius 1 is 1.38 bits per heavy atom. The Labute approximate surface area is 173 Å². The molecule has 2 unspecified atom stereocenters. The topological polar surface area (TPSA) is 66.5 Å². The number of urea groups is 1. The zero-order valence-corrected chi connectivity index (χ0v) is 17.3. The molecule has 1 aliphatic rings. The van der Waals surface area contributed by atoms with Crippen LogP contribution in [0.15, 0.2) is 30.3 Å². The number of nitrogens with one attached hydrogen (secondary N) is 2. The number of likely N-dealkylation sites (tertiary alicyclic amines) is 1. The quantitative estimate of drug-likeness (QED) is 0.706. The van der Waals surface area contributed by atoms with Gasteiger partial charge in [-0.3, -0.25) is 10.2 Å². The number of benzene rings is 1. The zero-order valence-electron chi connectivity index (χ0n) is 16.5. The summed E-state index contributed by atoms with van der Waals surface area (Å²) in [5, 5.41) is 6.41. The third kappa shape index (κ3) is 6.11. The molecule has 3 rings (SSSR count). The van der Waals surface area contributed by atoms with Gasteiger partial charge in [0.15, 0.2) is 0 Å². The van der Waals surface area contributed by atoms with Crippen LogP contribution in [-0.2, 0) is 0 Å². The van der Waals surface area contributed by atoms with Crippen molar-refractivity contribution in [3.8, 4) is 5.75 Å². The number of hydrogen-bond donors (Lipinski definition) is 2. The first-order valence-electron chi connectivity index (χ1n) is 9.57. The molecule has 0 saturated carbocycles. The van der Waals surface area contributed by atoms with E-state index in [9.17, 15) is 13.6 Å². The summed E-state index contributed by atoms with van der Waals surface area (Å²) in [6, 6.07) is 9.24. The van der Waals surface area contributed by atoms with Crippen LogP contribution in [-0.4, -0.2) is 55.0 Å². The van der Waals surface area contributed by atoms with E-state index >= 15 is 0 Å². The van der Waals surface area contributed by atoms with Crippen molar-refractivity contribution in [2.24, 2.45) is 5.92 Å². The Morgan fingerprint density at radius 3 is 2.76 bits per heavy atom. The molecule has 158 valence electrons. The number of amides is 2. The molecule has 29 heavy (non-hydrogen) atoms. The van der Waals surface area contributed by atoms with Crippen molar-refractivity contribution in [3.63, 3.8) is 0 Å². The van der Waals surface area contributed by atoms with Crippen LogP contribution in [0.25, 0.3) is 0 Å². The van der Waals surface area contributed by atoms with E-state index in [2.05, 4.69) is 15.0 Å². The molecule has 2 aromatic rings. The van der Waals surface area contributed by atoms with E-state index in [4.69, 9.17) is 4.74 Å². The standard InChI is InChI=1S/C20H26F2N4O2S/c1-13-9-19(29-25-13)24-20(27)23-10-15-7-8-26(12-18(21)22)11-17(15)14-3-5-16(28-2)6-4-14/h3-6,9,15,17-18H,7-8,10-12H2,1-2H3,(H2,23,24,27). The van der Waals surface area contributed by atoms with Gasteiger partial charge >= 0.3 is 6.03 Å². The van der Waals surface area contributed by atoms with E-state index in [1.807, 2.05) is 37.3 Å². The van der Waals surface area contributed by atoms with Crippen molar-refractivity contribution in [2.75, 3.05) is 38.6 Å². The summed E-state index contributed by atoms with van der Waals surface area (Å²) in [7, 11) is 1.61. The molecule has 1 aliphatic heterocycles. The highest BCUT2D eigenvalue weighted by Gasteiger charge is 2.31. The highest BCUT2D eigenvalue weighted by molar-refractivity contribution is 7.10. The predicted octanol–water partition coefficient (Wildman–Crippen LogP) is 3.95. The van der Waals surface area contributed by atoms with Crippen LogP contribution in [0, 0.1) is 12.8 Å². The molecule has 2 amide bonds. The van der Waals surface area contributed by atoms with Gasteiger partial charge in [0.2, 0.25) is 0 Å². The van der Waals surface area contributed by atoms with Crippen LogP contribution >= 0.6 is 11.5 Å². The Morgan fingerprint density at radius 2 is 2.14 bits per heavy atom. The van der Waals surface area contributed by atoms with E-state index < -0.39 is 6.43 Å². The van der Waals surface area contributed by atoms with E-state index in [1.54, 1.807) is 12.0 Å². The van der Waals surface area contributed by atoms with Gasteiger partial charge in [0.05, 0.1) is 19.3 Å². The Hall–Kier alpha value is -2.26. The number of carbonyl (C=O) groups is 1. The van der Waals surface area contributed by atoms with Gasteiger partial charge in [0, 0.05) is 19.0 Å².